The second-order valence-electron chi connectivity index (χ2n) is 7.91. The topological polar surface area (TPSA) is 122 Å². The summed E-state index contributed by atoms with van der Waals surface area (Å²) in [5.41, 5.74) is 2.07. The molecule has 1 saturated heterocycles. The lowest BCUT2D eigenvalue weighted by Crippen LogP contribution is -2.32. The van der Waals surface area contributed by atoms with Gasteiger partial charge in [0.2, 0.25) is 5.91 Å². The first-order chi connectivity index (χ1) is 15.9. The number of anilines is 3. The Bertz CT molecular complexity index is 1170. The van der Waals surface area contributed by atoms with E-state index < -0.39 is 0 Å². The molecule has 4 rings (SSSR count). The molecule has 1 fully saturated rings. The number of nitrogens with zero attached hydrogens (tertiary/aromatic N) is 4. The van der Waals surface area contributed by atoms with Crippen LogP contribution < -0.4 is 10.6 Å². The SMILES string of the molecule is COCC(=O)N1CC[C@@H](n2ccc(Nc3ncc(C(=O)Nc4c(C)ccc(O)c4C)s3)n2)C1. The number of rotatable bonds is 7. The van der Waals surface area contributed by atoms with Gasteiger partial charge in [0.25, 0.3) is 5.91 Å². The molecule has 11 heteroatoms. The quantitative estimate of drug-likeness (QED) is 0.485. The summed E-state index contributed by atoms with van der Waals surface area (Å²) < 4.78 is 6.77. The lowest BCUT2D eigenvalue weighted by Gasteiger charge is -2.16. The number of carbonyl (C=O) groups is 2. The number of amides is 2. The van der Waals surface area contributed by atoms with Crippen molar-refractivity contribution in [3.8, 4) is 5.75 Å². The lowest BCUT2D eigenvalue weighted by molar-refractivity contribution is -0.134. The van der Waals surface area contributed by atoms with Crippen LogP contribution in [0.2, 0.25) is 0 Å². The highest BCUT2D eigenvalue weighted by atomic mass is 32.1. The summed E-state index contributed by atoms with van der Waals surface area (Å²) in [5.74, 6) is 0.425. The van der Waals surface area contributed by atoms with Gasteiger partial charge < -0.3 is 25.4 Å². The van der Waals surface area contributed by atoms with Gasteiger partial charge >= 0.3 is 0 Å². The number of phenols is 1. The minimum Gasteiger partial charge on any atom is -0.508 e. The van der Waals surface area contributed by atoms with Gasteiger partial charge in [-0.3, -0.25) is 14.3 Å². The molecule has 1 aliphatic rings. The van der Waals surface area contributed by atoms with Crippen molar-refractivity contribution in [3.05, 3.63) is 46.6 Å². The van der Waals surface area contributed by atoms with Crippen LogP contribution in [0.25, 0.3) is 0 Å². The van der Waals surface area contributed by atoms with Crippen molar-refractivity contribution in [2.24, 2.45) is 0 Å². The van der Waals surface area contributed by atoms with E-state index >= 15 is 0 Å². The van der Waals surface area contributed by atoms with E-state index in [-0.39, 0.29) is 30.2 Å². The van der Waals surface area contributed by atoms with E-state index in [0.29, 0.717) is 40.2 Å². The summed E-state index contributed by atoms with van der Waals surface area (Å²) in [4.78, 5) is 31.2. The van der Waals surface area contributed by atoms with E-state index in [1.165, 1.54) is 24.6 Å². The predicted octanol–water partition coefficient (Wildman–Crippen LogP) is 3.08. The molecular weight excluding hydrogens is 444 g/mol. The van der Waals surface area contributed by atoms with Crippen LogP contribution in [-0.4, -0.2) is 63.4 Å². The number of methoxy groups -OCH3 is 1. The van der Waals surface area contributed by atoms with E-state index in [4.69, 9.17) is 4.74 Å². The molecule has 0 aliphatic carbocycles. The summed E-state index contributed by atoms with van der Waals surface area (Å²) in [5, 5.41) is 21.0. The molecule has 33 heavy (non-hydrogen) atoms. The first kappa shape index (κ1) is 22.7. The number of aromatic nitrogens is 3. The molecule has 174 valence electrons. The Morgan fingerprint density at radius 3 is 2.91 bits per heavy atom. The Morgan fingerprint density at radius 1 is 1.30 bits per heavy atom. The predicted molar refractivity (Wildman–Crippen MR) is 125 cm³/mol. The minimum atomic E-state index is -0.297. The smallest absolute Gasteiger partial charge is 0.267 e. The number of carbonyl (C=O) groups excluding carboxylic acids is 2. The minimum absolute atomic E-state index is 0.0183. The Labute approximate surface area is 195 Å². The third-order valence-corrected chi connectivity index (χ3v) is 6.53. The number of aromatic hydroxyl groups is 1. The van der Waals surface area contributed by atoms with Gasteiger partial charge in [0.15, 0.2) is 10.9 Å². The van der Waals surface area contributed by atoms with Crippen LogP contribution in [0.15, 0.2) is 30.6 Å². The van der Waals surface area contributed by atoms with E-state index in [2.05, 4.69) is 20.7 Å². The summed E-state index contributed by atoms with van der Waals surface area (Å²) in [6, 6.07) is 5.30. The summed E-state index contributed by atoms with van der Waals surface area (Å²) in [6.45, 7) is 4.99. The molecule has 10 nitrogen and oxygen atoms in total. The van der Waals surface area contributed by atoms with Crippen molar-refractivity contribution in [1.29, 1.82) is 0 Å². The van der Waals surface area contributed by atoms with Gasteiger partial charge in [-0.25, -0.2) is 4.98 Å². The fourth-order valence-electron chi connectivity index (χ4n) is 3.76. The highest BCUT2D eigenvalue weighted by Crippen LogP contribution is 2.30. The van der Waals surface area contributed by atoms with Crippen LogP contribution in [-0.2, 0) is 9.53 Å². The number of phenolic OH excluding ortho intramolecular Hbond substituents is 1. The Hall–Kier alpha value is -3.44. The van der Waals surface area contributed by atoms with Crippen molar-refractivity contribution in [2.45, 2.75) is 26.3 Å². The van der Waals surface area contributed by atoms with Crippen molar-refractivity contribution in [1.82, 2.24) is 19.7 Å². The van der Waals surface area contributed by atoms with Crippen molar-refractivity contribution < 1.29 is 19.4 Å². The Kier molecular flexibility index (Phi) is 6.61. The number of likely N-dealkylation sites (tertiary alicyclic amines) is 1. The second kappa shape index (κ2) is 9.59. The van der Waals surface area contributed by atoms with Crippen LogP contribution >= 0.6 is 11.3 Å². The molecule has 3 N–H and O–H groups in total. The summed E-state index contributed by atoms with van der Waals surface area (Å²) in [7, 11) is 1.51. The Balaban J connectivity index is 1.38. The van der Waals surface area contributed by atoms with Gasteiger partial charge in [-0.05, 0) is 31.9 Å². The monoisotopic (exact) mass is 470 g/mol. The zero-order chi connectivity index (χ0) is 23.5. The largest absolute Gasteiger partial charge is 0.508 e. The van der Waals surface area contributed by atoms with Crippen LogP contribution in [0.3, 0.4) is 0 Å². The van der Waals surface area contributed by atoms with Crippen LogP contribution in [0.1, 0.15) is 33.3 Å². The molecule has 1 atom stereocenters. The van der Waals surface area contributed by atoms with Gasteiger partial charge in [0, 0.05) is 38.0 Å². The summed E-state index contributed by atoms with van der Waals surface area (Å²) >= 11 is 1.21. The molecule has 2 aromatic heterocycles. The van der Waals surface area contributed by atoms with Gasteiger partial charge in [-0.1, -0.05) is 17.4 Å². The third-order valence-electron chi connectivity index (χ3n) is 5.61. The zero-order valence-electron chi connectivity index (χ0n) is 18.7. The molecule has 1 aromatic carbocycles. The molecule has 0 saturated carbocycles. The standard InChI is InChI=1S/C22H26N6O4S/c1-13-4-5-16(29)14(2)20(13)25-21(31)17-10-23-22(33-17)24-18-7-9-28(26-18)15-6-8-27(11-15)19(30)12-32-3/h4-5,7,9-10,15,29H,6,8,11-12H2,1-3H3,(H,25,31)(H,23,24,26)/t15-/m1/s1. The van der Waals surface area contributed by atoms with E-state index in [1.807, 2.05) is 23.9 Å². The van der Waals surface area contributed by atoms with E-state index in [1.54, 1.807) is 24.0 Å². The number of hydrogen-bond donors (Lipinski definition) is 3. The Morgan fingerprint density at radius 2 is 2.12 bits per heavy atom. The molecule has 3 heterocycles. The maximum atomic E-state index is 12.7. The van der Waals surface area contributed by atoms with Crippen LogP contribution in [0.5, 0.6) is 5.75 Å². The van der Waals surface area contributed by atoms with Gasteiger partial charge in [-0.15, -0.1) is 0 Å². The maximum Gasteiger partial charge on any atom is 0.267 e. The van der Waals surface area contributed by atoms with E-state index in [9.17, 15) is 14.7 Å². The zero-order valence-corrected chi connectivity index (χ0v) is 19.5. The molecule has 0 bridgehead atoms. The molecule has 0 unspecified atom stereocenters. The molecular formula is C22H26N6O4S. The highest BCUT2D eigenvalue weighted by molar-refractivity contribution is 7.17. The number of thiazole rings is 1. The van der Waals surface area contributed by atoms with Crippen molar-refractivity contribution >= 4 is 39.8 Å². The number of hydrogen-bond acceptors (Lipinski definition) is 8. The molecule has 2 amide bonds. The van der Waals surface area contributed by atoms with Gasteiger partial charge in [0.1, 0.15) is 17.2 Å². The number of nitrogens with one attached hydrogen (secondary N) is 2. The number of benzene rings is 1. The molecule has 3 aromatic rings. The fraction of sp³-hybridized carbons (Fsp3) is 0.364. The third kappa shape index (κ3) is 4.99. The lowest BCUT2D eigenvalue weighted by atomic mass is 10.1. The highest BCUT2D eigenvalue weighted by Gasteiger charge is 2.27. The fourth-order valence-corrected chi connectivity index (χ4v) is 4.48. The van der Waals surface area contributed by atoms with Gasteiger partial charge in [-0.2, -0.15) is 5.10 Å². The second-order valence-corrected chi connectivity index (χ2v) is 8.94. The van der Waals surface area contributed by atoms with Crippen LogP contribution in [0, 0.1) is 13.8 Å². The van der Waals surface area contributed by atoms with Crippen molar-refractivity contribution in [3.63, 3.8) is 0 Å². The molecule has 1 aliphatic heterocycles. The maximum absolute atomic E-state index is 12.7. The van der Waals surface area contributed by atoms with Gasteiger partial charge in [0.05, 0.1) is 17.9 Å². The molecule has 0 spiro atoms. The number of ether oxygens (including phenoxy) is 1. The van der Waals surface area contributed by atoms with Crippen molar-refractivity contribution in [2.75, 3.05) is 37.4 Å². The first-order valence-corrected chi connectivity index (χ1v) is 11.3. The average Bonchev–Trinajstić information content (AvgIpc) is 3.55. The first-order valence-electron chi connectivity index (χ1n) is 10.5. The molecule has 0 radical (unpaired) electrons. The summed E-state index contributed by atoms with van der Waals surface area (Å²) in [6.07, 6.45) is 4.20. The normalized spacial score (nSPS) is 15.6. The van der Waals surface area contributed by atoms with Crippen LogP contribution in [0.4, 0.5) is 16.6 Å². The van der Waals surface area contributed by atoms with E-state index in [0.717, 1.165) is 12.0 Å². The number of aryl methyl sites for hydroxylation is 1. The average molecular weight is 471 g/mol.